The number of nitrogens with one attached hydrogen (secondary N) is 1. The Morgan fingerprint density at radius 1 is 1.44 bits per heavy atom. The highest BCUT2D eigenvalue weighted by atomic mass is 16.5. The monoisotopic (exact) mass is 249 g/mol. The van der Waals surface area contributed by atoms with Gasteiger partial charge in [-0.25, -0.2) is 0 Å². The molecule has 0 aromatic heterocycles. The Morgan fingerprint density at radius 2 is 2.22 bits per heavy atom. The molecule has 1 aromatic carbocycles. The van der Waals surface area contributed by atoms with Crippen LogP contribution in [-0.2, 0) is 4.79 Å². The van der Waals surface area contributed by atoms with Gasteiger partial charge in [-0.1, -0.05) is 12.1 Å². The first kappa shape index (κ1) is 12.7. The van der Waals surface area contributed by atoms with Crippen LogP contribution in [0.5, 0.6) is 5.75 Å². The van der Waals surface area contributed by atoms with Crippen molar-refractivity contribution in [3.63, 3.8) is 0 Å². The van der Waals surface area contributed by atoms with Crippen molar-refractivity contribution >= 4 is 11.7 Å². The molecule has 1 aliphatic carbocycles. The van der Waals surface area contributed by atoms with E-state index in [1.54, 1.807) is 7.11 Å². The van der Waals surface area contributed by atoms with Crippen molar-refractivity contribution in [2.45, 2.75) is 19.3 Å². The standard InChI is InChI=1S/C14H19NO3/c1-18-13-5-3-2-4-12(13)15-9-10-6-7-11(8-10)14(16)17/h2-5,10-11,15H,6-9H2,1H3,(H,16,17)/t10-,11+/m1/s1. The summed E-state index contributed by atoms with van der Waals surface area (Å²) < 4.78 is 5.26. The van der Waals surface area contributed by atoms with Gasteiger partial charge in [0.2, 0.25) is 0 Å². The minimum Gasteiger partial charge on any atom is -0.495 e. The van der Waals surface area contributed by atoms with Gasteiger partial charge >= 0.3 is 5.97 Å². The molecule has 0 aliphatic heterocycles. The van der Waals surface area contributed by atoms with E-state index in [2.05, 4.69) is 5.32 Å². The average Bonchev–Trinajstić information content (AvgIpc) is 2.85. The molecule has 0 bridgehead atoms. The summed E-state index contributed by atoms with van der Waals surface area (Å²) >= 11 is 0. The van der Waals surface area contributed by atoms with Crippen LogP contribution in [0.15, 0.2) is 24.3 Å². The maximum Gasteiger partial charge on any atom is 0.306 e. The van der Waals surface area contributed by atoms with Crippen LogP contribution in [0.2, 0.25) is 0 Å². The third kappa shape index (κ3) is 2.94. The second-order valence-electron chi connectivity index (χ2n) is 4.80. The van der Waals surface area contributed by atoms with Gasteiger partial charge in [-0.05, 0) is 37.3 Å². The first-order chi connectivity index (χ1) is 8.70. The van der Waals surface area contributed by atoms with Gasteiger partial charge in [-0.3, -0.25) is 4.79 Å². The Morgan fingerprint density at radius 3 is 2.89 bits per heavy atom. The summed E-state index contributed by atoms with van der Waals surface area (Å²) in [4.78, 5) is 10.9. The van der Waals surface area contributed by atoms with E-state index in [0.717, 1.165) is 37.2 Å². The first-order valence-corrected chi connectivity index (χ1v) is 6.30. The number of carboxylic acids is 1. The van der Waals surface area contributed by atoms with Crippen LogP contribution >= 0.6 is 0 Å². The van der Waals surface area contributed by atoms with Crippen molar-refractivity contribution < 1.29 is 14.6 Å². The molecule has 4 heteroatoms. The molecular weight excluding hydrogens is 230 g/mol. The van der Waals surface area contributed by atoms with Crippen molar-refractivity contribution in [3.8, 4) is 5.75 Å². The van der Waals surface area contributed by atoms with E-state index in [0.29, 0.717) is 5.92 Å². The van der Waals surface area contributed by atoms with Gasteiger partial charge in [-0.2, -0.15) is 0 Å². The molecule has 98 valence electrons. The van der Waals surface area contributed by atoms with E-state index < -0.39 is 5.97 Å². The zero-order chi connectivity index (χ0) is 13.0. The van der Waals surface area contributed by atoms with Crippen LogP contribution in [-0.4, -0.2) is 24.7 Å². The highest BCUT2D eigenvalue weighted by molar-refractivity contribution is 5.70. The topological polar surface area (TPSA) is 58.6 Å². The summed E-state index contributed by atoms with van der Waals surface area (Å²) in [5, 5.41) is 12.3. The van der Waals surface area contributed by atoms with Gasteiger partial charge in [-0.15, -0.1) is 0 Å². The lowest BCUT2D eigenvalue weighted by Gasteiger charge is -2.14. The second-order valence-corrected chi connectivity index (χ2v) is 4.80. The third-order valence-corrected chi connectivity index (χ3v) is 3.58. The normalized spacial score (nSPS) is 22.7. The number of aliphatic carboxylic acids is 1. The van der Waals surface area contributed by atoms with Gasteiger partial charge < -0.3 is 15.2 Å². The first-order valence-electron chi connectivity index (χ1n) is 6.30. The van der Waals surface area contributed by atoms with E-state index in [4.69, 9.17) is 9.84 Å². The Balaban J connectivity index is 1.87. The average molecular weight is 249 g/mol. The molecule has 2 atom stereocenters. The highest BCUT2D eigenvalue weighted by Crippen LogP contribution is 2.32. The lowest BCUT2D eigenvalue weighted by Crippen LogP contribution is -2.14. The summed E-state index contributed by atoms with van der Waals surface area (Å²) in [5.74, 6) is 0.450. The maximum atomic E-state index is 10.9. The van der Waals surface area contributed by atoms with Crippen LogP contribution in [0.4, 0.5) is 5.69 Å². The van der Waals surface area contributed by atoms with E-state index in [-0.39, 0.29) is 5.92 Å². The number of hydrogen-bond donors (Lipinski definition) is 2. The Kier molecular flexibility index (Phi) is 4.07. The maximum absolute atomic E-state index is 10.9. The molecule has 0 spiro atoms. The molecule has 4 nitrogen and oxygen atoms in total. The molecule has 0 radical (unpaired) electrons. The summed E-state index contributed by atoms with van der Waals surface area (Å²) in [6.45, 7) is 0.810. The second kappa shape index (κ2) is 5.76. The van der Waals surface area contributed by atoms with Gasteiger partial charge in [0, 0.05) is 6.54 Å². The third-order valence-electron chi connectivity index (χ3n) is 3.58. The quantitative estimate of drug-likeness (QED) is 0.842. The number of benzene rings is 1. The number of para-hydroxylation sites is 2. The van der Waals surface area contributed by atoms with Gasteiger partial charge in [0.1, 0.15) is 5.75 Å². The molecule has 1 aromatic rings. The van der Waals surface area contributed by atoms with Crippen molar-refractivity contribution in [1.82, 2.24) is 0 Å². The number of hydrogen-bond acceptors (Lipinski definition) is 3. The van der Waals surface area contributed by atoms with Crippen molar-refractivity contribution in [3.05, 3.63) is 24.3 Å². The fourth-order valence-electron chi connectivity index (χ4n) is 2.53. The van der Waals surface area contributed by atoms with Crippen LogP contribution in [0.25, 0.3) is 0 Å². The molecule has 18 heavy (non-hydrogen) atoms. The number of carboxylic acid groups (broad SMARTS) is 1. The molecule has 2 rings (SSSR count). The number of rotatable bonds is 5. The summed E-state index contributed by atoms with van der Waals surface area (Å²) in [7, 11) is 1.65. The summed E-state index contributed by atoms with van der Waals surface area (Å²) in [5.41, 5.74) is 0.971. The van der Waals surface area contributed by atoms with Crippen LogP contribution in [0.3, 0.4) is 0 Å². The minimum absolute atomic E-state index is 0.158. The summed E-state index contributed by atoms with van der Waals surface area (Å²) in [6, 6.07) is 7.78. The minimum atomic E-state index is -0.658. The number of methoxy groups -OCH3 is 1. The Labute approximate surface area is 107 Å². The van der Waals surface area contributed by atoms with Crippen LogP contribution in [0.1, 0.15) is 19.3 Å². The van der Waals surface area contributed by atoms with E-state index in [1.165, 1.54) is 0 Å². The van der Waals surface area contributed by atoms with Crippen molar-refractivity contribution in [1.29, 1.82) is 0 Å². The molecule has 0 heterocycles. The molecule has 1 aliphatic rings. The van der Waals surface area contributed by atoms with Crippen molar-refractivity contribution in [2.75, 3.05) is 19.0 Å². The van der Waals surface area contributed by atoms with Gasteiger partial charge in [0.15, 0.2) is 0 Å². The largest absolute Gasteiger partial charge is 0.495 e. The molecule has 2 N–H and O–H groups in total. The zero-order valence-electron chi connectivity index (χ0n) is 10.6. The van der Waals surface area contributed by atoms with Crippen molar-refractivity contribution in [2.24, 2.45) is 11.8 Å². The zero-order valence-corrected chi connectivity index (χ0v) is 10.6. The van der Waals surface area contributed by atoms with E-state index in [1.807, 2.05) is 24.3 Å². The number of anilines is 1. The van der Waals surface area contributed by atoms with Gasteiger partial charge in [0.25, 0.3) is 0 Å². The van der Waals surface area contributed by atoms with E-state index >= 15 is 0 Å². The molecule has 0 saturated heterocycles. The predicted molar refractivity (Wildman–Crippen MR) is 70.0 cm³/mol. The Hall–Kier alpha value is -1.71. The van der Waals surface area contributed by atoms with Gasteiger partial charge in [0.05, 0.1) is 18.7 Å². The fourth-order valence-corrected chi connectivity index (χ4v) is 2.53. The lowest BCUT2D eigenvalue weighted by molar-refractivity contribution is -0.141. The fraction of sp³-hybridized carbons (Fsp3) is 0.500. The molecule has 0 unspecified atom stereocenters. The molecule has 1 saturated carbocycles. The molecule has 1 fully saturated rings. The molecular formula is C14H19NO3. The lowest BCUT2D eigenvalue weighted by atomic mass is 10.1. The SMILES string of the molecule is COc1ccccc1NC[C@@H]1CC[C@H](C(=O)O)C1. The van der Waals surface area contributed by atoms with Crippen LogP contribution < -0.4 is 10.1 Å². The Bertz CT molecular complexity index is 419. The molecule has 0 amide bonds. The summed E-state index contributed by atoms with van der Waals surface area (Å²) in [6.07, 6.45) is 2.56. The van der Waals surface area contributed by atoms with E-state index in [9.17, 15) is 4.79 Å². The smallest absolute Gasteiger partial charge is 0.306 e. The number of ether oxygens (including phenoxy) is 1. The van der Waals surface area contributed by atoms with Crippen LogP contribution in [0, 0.1) is 11.8 Å². The highest BCUT2D eigenvalue weighted by Gasteiger charge is 2.29. The predicted octanol–water partition coefficient (Wildman–Crippen LogP) is 2.61. The number of carbonyl (C=O) groups is 1.